The quantitative estimate of drug-likeness (QED) is 0.684. The van der Waals surface area contributed by atoms with Crippen molar-refractivity contribution in [2.24, 2.45) is 0 Å². The molecule has 0 bridgehead atoms. The average molecular weight is 255 g/mol. The smallest absolute Gasteiger partial charge is 0.244 e. The highest BCUT2D eigenvalue weighted by Gasteiger charge is 2.11. The van der Waals surface area contributed by atoms with Gasteiger partial charge in [-0.3, -0.25) is 9.59 Å². The molecule has 2 amide bonds. The summed E-state index contributed by atoms with van der Waals surface area (Å²) in [7, 11) is 1.59. The number of likely N-dealkylation sites (N-methyl/N-ethyl adjacent to an activating group) is 1. The van der Waals surface area contributed by atoms with Gasteiger partial charge in [0.15, 0.2) is 5.82 Å². The zero-order chi connectivity index (χ0) is 13.5. The number of anilines is 1. The third kappa shape index (κ3) is 4.13. The molecule has 0 saturated heterocycles. The van der Waals surface area contributed by atoms with Gasteiger partial charge in [-0.25, -0.2) is 4.68 Å². The van der Waals surface area contributed by atoms with Gasteiger partial charge in [0.25, 0.3) is 0 Å². The van der Waals surface area contributed by atoms with Crippen LogP contribution >= 0.6 is 0 Å². The van der Waals surface area contributed by atoms with Gasteiger partial charge >= 0.3 is 0 Å². The highest BCUT2D eigenvalue weighted by molar-refractivity contribution is 5.89. The van der Waals surface area contributed by atoms with E-state index in [4.69, 9.17) is 5.11 Å². The highest BCUT2D eigenvalue weighted by Crippen LogP contribution is 2.01. The molecule has 0 aliphatic carbocycles. The summed E-state index contributed by atoms with van der Waals surface area (Å²) in [5.74, 6) is -0.0347. The predicted octanol–water partition coefficient (Wildman–Crippen LogP) is -0.923. The maximum atomic E-state index is 11.6. The van der Waals surface area contributed by atoms with Crippen LogP contribution in [0.4, 0.5) is 5.82 Å². The monoisotopic (exact) mass is 255 g/mol. The number of carbonyl (C=O) groups excluding carboxylic acids is 2. The molecule has 1 rings (SSSR count). The van der Waals surface area contributed by atoms with Crippen molar-refractivity contribution in [2.45, 2.75) is 19.9 Å². The van der Waals surface area contributed by atoms with E-state index in [9.17, 15) is 9.59 Å². The molecular formula is C10H17N5O3. The standard InChI is InChI=1S/C10H17N5O3/c1-3-9(17)11-8-6-15(13-12-8)7-10(18)14(2)4-5-16/h6,16H,3-5,7H2,1-2H3,(H,11,17). The lowest BCUT2D eigenvalue weighted by atomic mass is 10.4. The van der Waals surface area contributed by atoms with Crippen molar-refractivity contribution < 1.29 is 14.7 Å². The first-order valence-electron chi connectivity index (χ1n) is 5.61. The Balaban J connectivity index is 2.53. The molecular weight excluding hydrogens is 238 g/mol. The third-order valence-corrected chi connectivity index (χ3v) is 2.29. The Hall–Kier alpha value is -1.96. The van der Waals surface area contributed by atoms with Gasteiger partial charge in [0.1, 0.15) is 6.54 Å². The predicted molar refractivity (Wildman–Crippen MR) is 63.7 cm³/mol. The lowest BCUT2D eigenvalue weighted by molar-refractivity contribution is -0.131. The molecule has 8 heteroatoms. The average Bonchev–Trinajstić information content (AvgIpc) is 2.76. The van der Waals surface area contributed by atoms with Crippen molar-refractivity contribution in [3.05, 3.63) is 6.20 Å². The van der Waals surface area contributed by atoms with Gasteiger partial charge in [0, 0.05) is 20.0 Å². The molecule has 1 heterocycles. The molecule has 18 heavy (non-hydrogen) atoms. The third-order valence-electron chi connectivity index (χ3n) is 2.29. The number of aliphatic hydroxyl groups excluding tert-OH is 1. The number of carbonyl (C=O) groups is 2. The number of aromatic nitrogens is 3. The van der Waals surface area contributed by atoms with Gasteiger partial charge in [-0.15, -0.1) is 5.10 Å². The molecule has 0 aliphatic rings. The maximum absolute atomic E-state index is 11.6. The number of nitrogens with one attached hydrogen (secondary N) is 1. The molecule has 0 saturated carbocycles. The minimum absolute atomic E-state index is 0.0193. The van der Waals surface area contributed by atoms with Crippen LogP contribution in [0.1, 0.15) is 13.3 Å². The molecule has 1 aromatic heterocycles. The molecule has 8 nitrogen and oxygen atoms in total. The summed E-state index contributed by atoms with van der Waals surface area (Å²) in [6, 6.07) is 0. The Labute approximate surface area is 105 Å². The number of aliphatic hydroxyl groups is 1. The van der Waals surface area contributed by atoms with Gasteiger partial charge in [-0.05, 0) is 0 Å². The fourth-order valence-electron chi connectivity index (χ4n) is 1.20. The molecule has 0 spiro atoms. The topological polar surface area (TPSA) is 100 Å². The molecule has 0 radical (unpaired) electrons. The van der Waals surface area contributed by atoms with Gasteiger partial charge < -0.3 is 15.3 Å². The van der Waals surface area contributed by atoms with Crippen molar-refractivity contribution in [3.8, 4) is 0 Å². The fraction of sp³-hybridized carbons (Fsp3) is 0.600. The van der Waals surface area contributed by atoms with Crippen LogP contribution in [0.25, 0.3) is 0 Å². The van der Waals surface area contributed by atoms with Crippen molar-refractivity contribution in [1.29, 1.82) is 0 Å². The van der Waals surface area contributed by atoms with Crippen LogP contribution in [0.3, 0.4) is 0 Å². The number of rotatable bonds is 6. The summed E-state index contributed by atoms with van der Waals surface area (Å²) < 4.78 is 1.33. The minimum atomic E-state index is -0.192. The maximum Gasteiger partial charge on any atom is 0.244 e. The Morgan fingerprint density at radius 1 is 1.56 bits per heavy atom. The summed E-state index contributed by atoms with van der Waals surface area (Å²) in [4.78, 5) is 24.1. The van der Waals surface area contributed by atoms with Crippen LogP contribution in [0.2, 0.25) is 0 Å². The number of nitrogens with zero attached hydrogens (tertiary/aromatic N) is 4. The van der Waals surface area contributed by atoms with E-state index in [1.54, 1.807) is 14.0 Å². The highest BCUT2D eigenvalue weighted by atomic mass is 16.3. The Kier molecular flexibility index (Phi) is 5.25. The van der Waals surface area contributed by atoms with E-state index < -0.39 is 0 Å². The minimum Gasteiger partial charge on any atom is -0.395 e. The summed E-state index contributed by atoms with van der Waals surface area (Å²) in [6.07, 6.45) is 1.84. The molecule has 0 aromatic carbocycles. The van der Waals surface area contributed by atoms with E-state index in [0.29, 0.717) is 12.2 Å². The zero-order valence-electron chi connectivity index (χ0n) is 10.5. The molecule has 0 aliphatic heterocycles. The van der Waals surface area contributed by atoms with Crippen LogP contribution in [-0.4, -0.2) is 57.0 Å². The number of hydrogen-bond donors (Lipinski definition) is 2. The first-order valence-corrected chi connectivity index (χ1v) is 5.61. The molecule has 0 atom stereocenters. The van der Waals surface area contributed by atoms with E-state index in [-0.39, 0.29) is 31.5 Å². The van der Waals surface area contributed by atoms with Gasteiger partial charge in [0.2, 0.25) is 11.8 Å². The second-order valence-corrected chi connectivity index (χ2v) is 3.74. The first-order chi connectivity index (χ1) is 8.56. The van der Waals surface area contributed by atoms with E-state index in [1.165, 1.54) is 15.8 Å². The lowest BCUT2D eigenvalue weighted by Gasteiger charge is -2.14. The number of amides is 2. The fourth-order valence-corrected chi connectivity index (χ4v) is 1.20. The van der Waals surface area contributed by atoms with Crippen LogP contribution in [0.5, 0.6) is 0 Å². The molecule has 100 valence electrons. The second-order valence-electron chi connectivity index (χ2n) is 3.74. The summed E-state index contributed by atoms with van der Waals surface area (Å²) in [5, 5.41) is 18.7. The van der Waals surface area contributed by atoms with Crippen molar-refractivity contribution in [2.75, 3.05) is 25.5 Å². The first kappa shape index (κ1) is 14.1. The Morgan fingerprint density at radius 2 is 2.28 bits per heavy atom. The van der Waals surface area contributed by atoms with Gasteiger partial charge in [0.05, 0.1) is 12.8 Å². The van der Waals surface area contributed by atoms with E-state index in [0.717, 1.165) is 0 Å². The normalized spacial score (nSPS) is 10.2. The zero-order valence-corrected chi connectivity index (χ0v) is 10.5. The van der Waals surface area contributed by atoms with Crippen LogP contribution in [-0.2, 0) is 16.1 Å². The van der Waals surface area contributed by atoms with E-state index >= 15 is 0 Å². The van der Waals surface area contributed by atoms with Crippen molar-refractivity contribution in [3.63, 3.8) is 0 Å². The SMILES string of the molecule is CCC(=O)Nc1cn(CC(=O)N(C)CCO)nn1. The largest absolute Gasteiger partial charge is 0.395 e. The second kappa shape index (κ2) is 6.70. The lowest BCUT2D eigenvalue weighted by Crippen LogP contribution is -2.32. The van der Waals surface area contributed by atoms with Crippen LogP contribution in [0, 0.1) is 0 Å². The Morgan fingerprint density at radius 3 is 2.89 bits per heavy atom. The van der Waals surface area contributed by atoms with Gasteiger partial charge in [-0.1, -0.05) is 12.1 Å². The van der Waals surface area contributed by atoms with Crippen LogP contribution < -0.4 is 5.32 Å². The summed E-state index contributed by atoms with van der Waals surface area (Å²) >= 11 is 0. The van der Waals surface area contributed by atoms with Gasteiger partial charge in [-0.2, -0.15) is 0 Å². The molecule has 1 aromatic rings. The summed E-state index contributed by atoms with van der Waals surface area (Å²) in [5.41, 5.74) is 0. The molecule has 0 fully saturated rings. The van der Waals surface area contributed by atoms with Crippen LogP contribution in [0.15, 0.2) is 6.20 Å². The molecule has 2 N–H and O–H groups in total. The number of hydrogen-bond acceptors (Lipinski definition) is 5. The van der Waals surface area contributed by atoms with E-state index in [1.807, 2.05) is 0 Å². The van der Waals surface area contributed by atoms with E-state index in [2.05, 4.69) is 15.6 Å². The molecule has 0 unspecified atom stereocenters. The summed E-state index contributed by atoms with van der Waals surface area (Å²) in [6.45, 7) is 1.93. The Bertz CT molecular complexity index is 417. The van der Waals surface area contributed by atoms with Crippen molar-refractivity contribution >= 4 is 17.6 Å². The van der Waals surface area contributed by atoms with Crippen molar-refractivity contribution in [1.82, 2.24) is 19.9 Å².